The zero-order valence-electron chi connectivity index (χ0n) is 18.3. The number of ether oxygens (including phenoxy) is 1. The van der Waals surface area contributed by atoms with Crippen molar-refractivity contribution >= 4 is 23.4 Å². The summed E-state index contributed by atoms with van der Waals surface area (Å²) in [5, 5.41) is 11.6. The van der Waals surface area contributed by atoms with Crippen molar-refractivity contribution in [2.24, 2.45) is 0 Å². The molecular weight excluding hydrogens is 453 g/mol. The highest BCUT2D eigenvalue weighted by atomic mass is 32.2. The Hall–Kier alpha value is -3.85. The zero-order valence-corrected chi connectivity index (χ0v) is 19.1. The number of halogens is 1. The van der Waals surface area contributed by atoms with Crippen LogP contribution in [-0.2, 0) is 4.79 Å². The third kappa shape index (κ3) is 4.47. The van der Waals surface area contributed by atoms with E-state index in [-0.39, 0.29) is 17.8 Å². The number of hydrogen-bond donors (Lipinski definition) is 2. The lowest BCUT2D eigenvalue weighted by Crippen LogP contribution is -2.41. The molecule has 2 N–H and O–H groups in total. The highest BCUT2D eigenvalue weighted by molar-refractivity contribution is 8.00. The third-order valence-corrected chi connectivity index (χ3v) is 6.60. The predicted molar refractivity (Wildman–Crippen MR) is 130 cm³/mol. The molecule has 3 aromatic carbocycles. The second kappa shape index (κ2) is 9.56. The molecule has 5 rings (SSSR count). The van der Waals surface area contributed by atoms with Crippen LogP contribution in [0.4, 0.5) is 10.1 Å². The van der Waals surface area contributed by atoms with Crippen LogP contribution in [0.2, 0.25) is 0 Å². The Labute approximate surface area is 200 Å². The van der Waals surface area contributed by atoms with Crippen LogP contribution in [0, 0.1) is 5.82 Å². The SMILES string of the molecule is CCOc1ccc([C@@H]2Nn3c(nnc3-c3ccccc3)S[C@H]2C(=O)Nc2ccc(F)cc2)cc1. The van der Waals surface area contributed by atoms with Crippen LogP contribution in [0.25, 0.3) is 11.4 Å². The molecule has 0 radical (unpaired) electrons. The van der Waals surface area contributed by atoms with Gasteiger partial charge in [0.25, 0.3) is 0 Å². The number of fused-ring (bicyclic) bond motifs is 1. The van der Waals surface area contributed by atoms with Crippen LogP contribution >= 0.6 is 11.8 Å². The smallest absolute Gasteiger partial charge is 0.240 e. The topological polar surface area (TPSA) is 81.1 Å². The predicted octanol–water partition coefficient (Wildman–Crippen LogP) is 4.88. The van der Waals surface area contributed by atoms with Gasteiger partial charge in [-0.1, -0.05) is 54.2 Å². The molecule has 0 aliphatic carbocycles. The minimum absolute atomic E-state index is 0.224. The quantitative estimate of drug-likeness (QED) is 0.414. The summed E-state index contributed by atoms with van der Waals surface area (Å²) in [6.07, 6.45) is 0. The van der Waals surface area contributed by atoms with Crippen LogP contribution < -0.4 is 15.5 Å². The van der Waals surface area contributed by atoms with Crippen LogP contribution in [0.3, 0.4) is 0 Å². The Morgan fingerprint density at radius 1 is 1.06 bits per heavy atom. The average molecular weight is 476 g/mol. The Morgan fingerprint density at radius 2 is 1.79 bits per heavy atom. The summed E-state index contributed by atoms with van der Waals surface area (Å²) in [5.41, 5.74) is 5.79. The van der Waals surface area contributed by atoms with Gasteiger partial charge in [-0.05, 0) is 48.9 Å². The highest BCUT2D eigenvalue weighted by Gasteiger charge is 2.38. The van der Waals surface area contributed by atoms with Crippen molar-refractivity contribution in [2.45, 2.75) is 23.4 Å². The van der Waals surface area contributed by atoms with Gasteiger partial charge in [0.1, 0.15) is 16.8 Å². The summed E-state index contributed by atoms with van der Waals surface area (Å²) in [4.78, 5) is 13.3. The van der Waals surface area contributed by atoms with Crippen molar-refractivity contribution in [3.63, 3.8) is 0 Å². The van der Waals surface area contributed by atoms with Gasteiger partial charge in [0.05, 0.1) is 12.6 Å². The maximum absolute atomic E-state index is 13.3. The number of nitrogens with one attached hydrogen (secondary N) is 2. The zero-order chi connectivity index (χ0) is 23.5. The number of carbonyl (C=O) groups excluding carboxylic acids is 1. The molecule has 4 aromatic rings. The van der Waals surface area contributed by atoms with E-state index in [2.05, 4.69) is 20.9 Å². The molecule has 9 heteroatoms. The van der Waals surface area contributed by atoms with Crippen molar-refractivity contribution in [2.75, 3.05) is 17.3 Å². The lowest BCUT2D eigenvalue weighted by Gasteiger charge is -2.33. The van der Waals surface area contributed by atoms with Gasteiger partial charge in [0.2, 0.25) is 11.1 Å². The fourth-order valence-electron chi connectivity index (χ4n) is 3.76. The van der Waals surface area contributed by atoms with E-state index in [9.17, 15) is 9.18 Å². The molecule has 7 nitrogen and oxygen atoms in total. The van der Waals surface area contributed by atoms with Gasteiger partial charge in [-0.2, -0.15) is 0 Å². The number of rotatable bonds is 6. The molecule has 1 aliphatic heterocycles. The summed E-state index contributed by atoms with van der Waals surface area (Å²) >= 11 is 1.33. The molecule has 172 valence electrons. The van der Waals surface area contributed by atoms with Crippen molar-refractivity contribution in [3.05, 3.63) is 90.2 Å². The monoisotopic (exact) mass is 475 g/mol. The molecule has 0 saturated carbocycles. The van der Waals surface area contributed by atoms with Gasteiger partial charge in [0.15, 0.2) is 5.82 Å². The van der Waals surface area contributed by atoms with E-state index in [1.54, 1.807) is 0 Å². The van der Waals surface area contributed by atoms with Crippen LogP contribution in [0.1, 0.15) is 18.5 Å². The summed E-state index contributed by atoms with van der Waals surface area (Å²) in [5.74, 6) is 0.840. The van der Waals surface area contributed by atoms with Gasteiger partial charge in [-0.25, -0.2) is 9.07 Å². The molecule has 0 fully saturated rings. The summed E-state index contributed by atoms with van der Waals surface area (Å²) < 4.78 is 20.7. The molecule has 0 saturated heterocycles. The molecule has 2 atom stereocenters. The molecule has 0 spiro atoms. The van der Waals surface area contributed by atoms with Gasteiger partial charge in [-0.3, -0.25) is 4.79 Å². The maximum atomic E-state index is 13.3. The molecule has 2 heterocycles. The fraction of sp³-hybridized carbons (Fsp3) is 0.160. The van der Waals surface area contributed by atoms with E-state index in [0.717, 1.165) is 16.9 Å². The van der Waals surface area contributed by atoms with Crippen LogP contribution in [0.5, 0.6) is 5.75 Å². The second-order valence-electron chi connectivity index (χ2n) is 7.65. The largest absolute Gasteiger partial charge is 0.494 e. The van der Waals surface area contributed by atoms with Gasteiger partial charge in [0, 0.05) is 11.3 Å². The Balaban J connectivity index is 1.49. The van der Waals surface area contributed by atoms with Crippen molar-refractivity contribution in [1.82, 2.24) is 14.9 Å². The Kier molecular flexibility index (Phi) is 6.18. The van der Waals surface area contributed by atoms with Gasteiger partial charge in [-0.15, -0.1) is 10.2 Å². The Morgan fingerprint density at radius 3 is 2.50 bits per heavy atom. The third-order valence-electron chi connectivity index (χ3n) is 5.39. The molecule has 1 aliphatic rings. The van der Waals surface area contributed by atoms with E-state index in [1.165, 1.54) is 36.0 Å². The van der Waals surface area contributed by atoms with Gasteiger partial charge >= 0.3 is 0 Å². The lowest BCUT2D eigenvalue weighted by molar-refractivity contribution is -0.116. The van der Waals surface area contributed by atoms with Crippen LogP contribution in [-0.4, -0.2) is 32.6 Å². The first-order valence-electron chi connectivity index (χ1n) is 10.9. The summed E-state index contributed by atoms with van der Waals surface area (Å²) in [7, 11) is 0. The van der Waals surface area contributed by atoms with Crippen LogP contribution in [0.15, 0.2) is 84.0 Å². The minimum Gasteiger partial charge on any atom is -0.494 e. The summed E-state index contributed by atoms with van der Waals surface area (Å²) in [6.45, 7) is 2.51. The molecule has 0 bridgehead atoms. The van der Waals surface area contributed by atoms with Crippen molar-refractivity contribution < 1.29 is 13.9 Å². The molecular formula is C25H22FN5O2S. The van der Waals surface area contributed by atoms with E-state index in [1.807, 2.05) is 66.2 Å². The first-order chi connectivity index (χ1) is 16.6. The van der Waals surface area contributed by atoms with Crippen molar-refractivity contribution in [1.29, 1.82) is 0 Å². The maximum Gasteiger partial charge on any atom is 0.240 e. The van der Waals surface area contributed by atoms with E-state index in [0.29, 0.717) is 23.3 Å². The number of carbonyl (C=O) groups is 1. The number of nitrogens with zero attached hydrogens (tertiary/aromatic N) is 3. The first kappa shape index (κ1) is 22.0. The molecule has 0 unspecified atom stereocenters. The first-order valence-corrected chi connectivity index (χ1v) is 11.7. The summed E-state index contributed by atoms with van der Waals surface area (Å²) in [6, 6.07) is 22.7. The normalized spacial score (nSPS) is 16.9. The van der Waals surface area contributed by atoms with E-state index >= 15 is 0 Å². The average Bonchev–Trinajstić information content (AvgIpc) is 3.29. The number of benzene rings is 3. The fourth-order valence-corrected chi connectivity index (χ4v) is 4.84. The number of aromatic nitrogens is 3. The van der Waals surface area contributed by atoms with E-state index in [4.69, 9.17) is 4.74 Å². The number of thioether (sulfide) groups is 1. The van der Waals surface area contributed by atoms with Gasteiger partial charge < -0.3 is 15.5 Å². The molecule has 1 aromatic heterocycles. The lowest BCUT2D eigenvalue weighted by atomic mass is 10.0. The molecule has 1 amide bonds. The second-order valence-corrected chi connectivity index (χ2v) is 8.76. The minimum atomic E-state index is -0.552. The number of amides is 1. The number of anilines is 1. The Bertz CT molecular complexity index is 1280. The number of hydrogen-bond acceptors (Lipinski definition) is 6. The van der Waals surface area contributed by atoms with E-state index < -0.39 is 5.25 Å². The highest BCUT2D eigenvalue weighted by Crippen LogP contribution is 2.39. The van der Waals surface area contributed by atoms with Crippen molar-refractivity contribution in [3.8, 4) is 17.1 Å². The molecule has 34 heavy (non-hydrogen) atoms. The standard InChI is InChI=1S/C25H22FN5O2S/c1-2-33-20-14-8-16(9-15-20)21-22(24(32)27-19-12-10-18(26)11-13-19)34-25-29-28-23(31(25)30-21)17-6-4-3-5-7-17/h3-15,21-22,30H,2H2,1H3,(H,27,32)/t21-,22+/m0/s1.